The van der Waals surface area contributed by atoms with Crippen LogP contribution in [0.4, 0.5) is 11.6 Å². The maximum Gasteiger partial charge on any atom is 0.249 e. The van der Waals surface area contributed by atoms with Gasteiger partial charge in [0.2, 0.25) is 5.91 Å². The Kier molecular flexibility index (Phi) is 3.01. The molecule has 0 saturated carbocycles. The minimum Gasteiger partial charge on any atom is -0.366 e. The van der Waals surface area contributed by atoms with Crippen molar-refractivity contribution in [2.45, 2.75) is 20.8 Å². The van der Waals surface area contributed by atoms with E-state index in [4.69, 9.17) is 5.73 Å². The Balaban J connectivity index is 2.37. The molecule has 0 saturated heterocycles. The van der Waals surface area contributed by atoms with Crippen LogP contribution >= 0.6 is 0 Å². The first-order valence-corrected chi connectivity index (χ1v) is 5.54. The van der Waals surface area contributed by atoms with Gasteiger partial charge < -0.3 is 11.1 Å². The van der Waals surface area contributed by atoms with Gasteiger partial charge >= 0.3 is 0 Å². The number of aryl methyl sites for hydroxylation is 2. The fourth-order valence-electron chi connectivity index (χ4n) is 1.67. The number of carbonyl (C=O) groups excluding carboxylic acids is 1. The molecule has 0 aliphatic rings. The number of aromatic nitrogens is 3. The number of hydrogen-bond donors (Lipinski definition) is 3. The zero-order valence-electron chi connectivity index (χ0n) is 10.5. The van der Waals surface area contributed by atoms with E-state index in [2.05, 4.69) is 20.5 Å². The molecule has 2 heterocycles. The van der Waals surface area contributed by atoms with E-state index in [1.807, 2.05) is 26.8 Å². The molecule has 2 aromatic rings. The minimum atomic E-state index is -0.459. The van der Waals surface area contributed by atoms with Crippen LogP contribution in [0, 0.1) is 20.8 Å². The smallest absolute Gasteiger partial charge is 0.249 e. The summed E-state index contributed by atoms with van der Waals surface area (Å²) in [4.78, 5) is 15.7. The van der Waals surface area contributed by atoms with Crippen LogP contribution in [-0.4, -0.2) is 21.1 Å². The molecule has 0 radical (unpaired) electrons. The van der Waals surface area contributed by atoms with Gasteiger partial charge in [-0.2, -0.15) is 5.10 Å². The quantitative estimate of drug-likeness (QED) is 0.764. The molecular weight excluding hydrogens is 230 g/mol. The van der Waals surface area contributed by atoms with Crippen LogP contribution in [0.25, 0.3) is 0 Å². The Labute approximate surface area is 105 Å². The third kappa shape index (κ3) is 2.32. The molecule has 0 spiro atoms. The molecule has 4 N–H and O–H groups in total. The van der Waals surface area contributed by atoms with Crippen LogP contribution in [0.5, 0.6) is 0 Å². The lowest BCUT2D eigenvalue weighted by Gasteiger charge is -2.09. The summed E-state index contributed by atoms with van der Waals surface area (Å²) in [6.07, 6.45) is 0. The van der Waals surface area contributed by atoms with E-state index in [0.29, 0.717) is 17.2 Å². The first-order chi connectivity index (χ1) is 8.47. The number of nitrogens with zero attached hydrogens (tertiary/aromatic N) is 2. The molecule has 0 aliphatic heterocycles. The predicted octanol–water partition coefficient (Wildman–Crippen LogP) is 1.57. The van der Waals surface area contributed by atoms with Crippen molar-refractivity contribution in [2.75, 3.05) is 5.32 Å². The predicted molar refractivity (Wildman–Crippen MR) is 68.8 cm³/mol. The van der Waals surface area contributed by atoms with Gasteiger partial charge in [-0.25, -0.2) is 4.98 Å². The highest BCUT2D eigenvalue weighted by Gasteiger charge is 2.11. The molecule has 2 rings (SSSR count). The summed E-state index contributed by atoms with van der Waals surface area (Å²) in [7, 11) is 0. The van der Waals surface area contributed by atoms with E-state index in [1.54, 1.807) is 6.07 Å². The summed E-state index contributed by atoms with van der Waals surface area (Å²) < 4.78 is 0. The molecule has 1 amide bonds. The average molecular weight is 245 g/mol. The number of H-pyrrole nitrogens is 1. The maximum atomic E-state index is 11.3. The Bertz CT molecular complexity index is 603. The van der Waals surface area contributed by atoms with Gasteiger partial charge in [0.25, 0.3) is 0 Å². The molecule has 0 bridgehead atoms. The van der Waals surface area contributed by atoms with Gasteiger partial charge in [-0.1, -0.05) is 0 Å². The summed E-state index contributed by atoms with van der Waals surface area (Å²) >= 11 is 0. The fourth-order valence-corrected chi connectivity index (χ4v) is 1.67. The SMILES string of the molecule is Cc1cc(Nc2cc(C(N)=O)c(C)c(C)n2)n[nH]1. The monoisotopic (exact) mass is 245 g/mol. The number of nitrogens with one attached hydrogen (secondary N) is 2. The molecule has 6 heteroatoms. The number of anilines is 2. The van der Waals surface area contributed by atoms with Crippen molar-refractivity contribution in [3.8, 4) is 0 Å². The molecule has 94 valence electrons. The lowest BCUT2D eigenvalue weighted by atomic mass is 10.1. The lowest BCUT2D eigenvalue weighted by Crippen LogP contribution is -2.14. The van der Waals surface area contributed by atoms with E-state index in [1.165, 1.54) is 0 Å². The summed E-state index contributed by atoms with van der Waals surface area (Å²) in [6, 6.07) is 3.48. The highest BCUT2D eigenvalue weighted by atomic mass is 16.1. The van der Waals surface area contributed by atoms with E-state index in [-0.39, 0.29) is 0 Å². The average Bonchev–Trinajstić information content (AvgIpc) is 2.68. The number of amides is 1. The Morgan fingerprint density at radius 1 is 1.28 bits per heavy atom. The first kappa shape index (κ1) is 12.1. The molecule has 0 aromatic carbocycles. The number of primary amides is 1. The topological polar surface area (TPSA) is 96.7 Å². The number of carbonyl (C=O) groups is 1. The van der Waals surface area contributed by atoms with Gasteiger partial charge in [0, 0.05) is 23.0 Å². The molecule has 18 heavy (non-hydrogen) atoms. The van der Waals surface area contributed by atoms with Crippen LogP contribution in [-0.2, 0) is 0 Å². The Morgan fingerprint density at radius 2 is 2.00 bits per heavy atom. The number of aromatic amines is 1. The highest BCUT2D eigenvalue weighted by Crippen LogP contribution is 2.19. The van der Waals surface area contributed by atoms with Crippen molar-refractivity contribution in [1.29, 1.82) is 0 Å². The largest absolute Gasteiger partial charge is 0.366 e. The van der Waals surface area contributed by atoms with E-state index >= 15 is 0 Å². The third-order valence-corrected chi connectivity index (χ3v) is 2.74. The molecular formula is C12H15N5O. The van der Waals surface area contributed by atoms with E-state index < -0.39 is 5.91 Å². The molecule has 6 nitrogen and oxygen atoms in total. The van der Waals surface area contributed by atoms with E-state index in [0.717, 1.165) is 17.0 Å². The second-order valence-corrected chi connectivity index (χ2v) is 4.19. The van der Waals surface area contributed by atoms with Crippen LogP contribution in [0.15, 0.2) is 12.1 Å². The van der Waals surface area contributed by atoms with Crippen LogP contribution < -0.4 is 11.1 Å². The fraction of sp³-hybridized carbons (Fsp3) is 0.250. The number of pyridine rings is 1. The van der Waals surface area contributed by atoms with Crippen LogP contribution in [0.3, 0.4) is 0 Å². The first-order valence-electron chi connectivity index (χ1n) is 5.54. The van der Waals surface area contributed by atoms with Gasteiger partial charge in [-0.3, -0.25) is 9.89 Å². The van der Waals surface area contributed by atoms with Gasteiger partial charge in [-0.05, 0) is 32.4 Å². The maximum absolute atomic E-state index is 11.3. The molecule has 0 aliphatic carbocycles. The van der Waals surface area contributed by atoms with Crippen molar-refractivity contribution in [1.82, 2.24) is 15.2 Å². The van der Waals surface area contributed by atoms with Gasteiger partial charge in [0.05, 0.1) is 0 Å². The zero-order chi connectivity index (χ0) is 13.3. The molecule has 2 aromatic heterocycles. The second kappa shape index (κ2) is 4.48. The number of hydrogen-bond acceptors (Lipinski definition) is 4. The Morgan fingerprint density at radius 3 is 2.56 bits per heavy atom. The van der Waals surface area contributed by atoms with Crippen molar-refractivity contribution < 1.29 is 4.79 Å². The highest BCUT2D eigenvalue weighted by molar-refractivity contribution is 5.95. The van der Waals surface area contributed by atoms with Gasteiger partial charge in [-0.15, -0.1) is 0 Å². The van der Waals surface area contributed by atoms with Crippen molar-refractivity contribution in [3.05, 3.63) is 34.6 Å². The summed E-state index contributed by atoms with van der Waals surface area (Å²) in [5.41, 5.74) is 8.31. The normalized spacial score (nSPS) is 10.4. The summed E-state index contributed by atoms with van der Waals surface area (Å²) in [6.45, 7) is 5.56. The molecule has 0 atom stereocenters. The van der Waals surface area contributed by atoms with Crippen molar-refractivity contribution >= 4 is 17.5 Å². The summed E-state index contributed by atoms with van der Waals surface area (Å²) in [5.74, 6) is 0.747. The van der Waals surface area contributed by atoms with Crippen LogP contribution in [0.2, 0.25) is 0 Å². The van der Waals surface area contributed by atoms with Gasteiger partial charge in [0.15, 0.2) is 5.82 Å². The molecule has 0 unspecified atom stereocenters. The number of nitrogens with two attached hydrogens (primary N) is 1. The lowest BCUT2D eigenvalue weighted by molar-refractivity contribution is 0.0999. The van der Waals surface area contributed by atoms with Crippen molar-refractivity contribution in [3.63, 3.8) is 0 Å². The third-order valence-electron chi connectivity index (χ3n) is 2.74. The summed E-state index contributed by atoms with van der Waals surface area (Å²) in [5, 5.41) is 9.89. The standard InChI is InChI=1S/C12H15N5O/c1-6-4-11(17-16-6)15-10-5-9(12(13)18)7(2)8(3)14-10/h4-5H,1-3H3,(H2,13,18)(H2,14,15,16,17). The van der Waals surface area contributed by atoms with Crippen LogP contribution in [0.1, 0.15) is 27.3 Å². The minimum absolute atomic E-state index is 0.459. The second-order valence-electron chi connectivity index (χ2n) is 4.19. The van der Waals surface area contributed by atoms with E-state index in [9.17, 15) is 4.79 Å². The van der Waals surface area contributed by atoms with Gasteiger partial charge in [0.1, 0.15) is 5.82 Å². The Hall–Kier alpha value is -2.37. The number of rotatable bonds is 3. The molecule has 0 fully saturated rings. The zero-order valence-corrected chi connectivity index (χ0v) is 10.5. The van der Waals surface area contributed by atoms with Crippen molar-refractivity contribution in [2.24, 2.45) is 5.73 Å².